The van der Waals surface area contributed by atoms with Gasteiger partial charge in [0.25, 0.3) is 0 Å². The van der Waals surface area contributed by atoms with Crippen LogP contribution in [0.3, 0.4) is 0 Å². The zero-order valence-corrected chi connectivity index (χ0v) is 14.5. The van der Waals surface area contributed by atoms with Gasteiger partial charge in [0.1, 0.15) is 6.61 Å². The summed E-state index contributed by atoms with van der Waals surface area (Å²) in [5.41, 5.74) is 0.979. The molecule has 1 N–H and O–H groups in total. The highest BCUT2D eigenvalue weighted by Crippen LogP contribution is 2.58. The average molecular weight is 330 g/mol. The van der Waals surface area contributed by atoms with Crippen molar-refractivity contribution in [3.05, 3.63) is 36.0 Å². The summed E-state index contributed by atoms with van der Waals surface area (Å²) in [6.45, 7) is 8.56. The van der Waals surface area contributed by atoms with Gasteiger partial charge in [0, 0.05) is 5.57 Å². The fourth-order valence-corrected chi connectivity index (χ4v) is 4.95. The predicted octanol–water partition coefficient (Wildman–Crippen LogP) is 2.98. The third kappa shape index (κ3) is 2.48. The second-order valence-electron chi connectivity index (χ2n) is 7.81. The first-order chi connectivity index (χ1) is 11.3. The number of ether oxygens (including phenoxy) is 1. The maximum Gasteiger partial charge on any atom is 0.334 e. The summed E-state index contributed by atoms with van der Waals surface area (Å²) in [5, 5.41) is 9.92. The lowest BCUT2D eigenvalue weighted by Gasteiger charge is -2.55. The number of hydrogen-bond acceptors (Lipinski definition) is 4. The number of fused-ring (bicyclic) bond motifs is 1. The van der Waals surface area contributed by atoms with Gasteiger partial charge in [-0.15, -0.1) is 0 Å². The Morgan fingerprint density at radius 1 is 1.38 bits per heavy atom. The van der Waals surface area contributed by atoms with Gasteiger partial charge in [-0.2, -0.15) is 0 Å². The SMILES string of the molecule is C=C1CC[C@H]2[C@@](C)(C=CC(=O)[C@@]2(C)CO)[C@@H]1CCC1=CCOC1=O. The molecule has 0 bridgehead atoms. The molecule has 1 aliphatic heterocycles. The molecule has 0 unspecified atom stereocenters. The summed E-state index contributed by atoms with van der Waals surface area (Å²) in [5.74, 6) is 0.0850. The molecule has 0 aromatic carbocycles. The van der Waals surface area contributed by atoms with Crippen molar-refractivity contribution in [3.63, 3.8) is 0 Å². The van der Waals surface area contributed by atoms with Gasteiger partial charge in [0.15, 0.2) is 5.78 Å². The van der Waals surface area contributed by atoms with E-state index in [1.54, 1.807) is 6.08 Å². The number of carbonyl (C=O) groups excluding carboxylic acids is 2. The Labute approximate surface area is 143 Å². The van der Waals surface area contributed by atoms with Gasteiger partial charge in [-0.3, -0.25) is 4.79 Å². The zero-order valence-electron chi connectivity index (χ0n) is 14.5. The second kappa shape index (κ2) is 5.99. The standard InChI is InChI=1S/C20H26O4/c1-13-4-7-16-19(2,10-8-17(22)20(16,3)12-21)15(13)6-5-14-9-11-24-18(14)23/h8-10,15-16,21H,1,4-7,11-12H2,2-3H3/t15-,16+,19+,20+/m1/s1. The topological polar surface area (TPSA) is 63.6 Å². The fraction of sp³-hybridized carbons (Fsp3) is 0.600. The molecule has 4 heteroatoms. The van der Waals surface area contributed by atoms with Crippen LogP contribution in [0.4, 0.5) is 0 Å². The largest absolute Gasteiger partial charge is 0.458 e. The van der Waals surface area contributed by atoms with Crippen LogP contribution in [0.1, 0.15) is 39.5 Å². The molecule has 1 heterocycles. The van der Waals surface area contributed by atoms with E-state index in [1.165, 1.54) is 5.57 Å². The third-order valence-corrected chi connectivity index (χ3v) is 6.51. The molecule has 0 spiro atoms. The van der Waals surface area contributed by atoms with E-state index in [0.29, 0.717) is 13.0 Å². The van der Waals surface area contributed by atoms with E-state index < -0.39 is 5.41 Å². The van der Waals surface area contributed by atoms with Crippen molar-refractivity contribution >= 4 is 11.8 Å². The van der Waals surface area contributed by atoms with E-state index in [4.69, 9.17) is 4.74 Å². The average Bonchev–Trinajstić information content (AvgIpc) is 2.96. The highest BCUT2D eigenvalue weighted by atomic mass is 16.5. The Balaban J connectivity index is 1.88. The molecular weight excluding hydrogens is 304 g/mol. The summed E-state index contributed by atoms with van der Waals surface area (Å²) >= 11 is 0. The van der Waals surface area contributed by atoms with Crippen molar-refractivity contribution in [2.45, 2.75) is 39.5 Å². The molecule has 4 nitrogen and oxygen atoms in total. The first kappa shape index (κ1) is 17.2. The van der Waals surface area contributed by atoms with Crippen LogP contribution in [0.25, 0.3) is 0 Å². The van der Waals surface area contributed by atoms with Gasteiger partial charge < -0.3 is 9.84 Å². The first-order valence-electron chi connectivity index (χ1n) is 8.71. The van der Waals surface area contributed by atoms with Crippen molar-refractivity contribution in [2.24, 2.45) is 22.7 Å². The van der Waals surface area contributed by atoms with Gasteiger partial charge >= 0.3 is 5.97 Å². The molecule has 130 valence electrons. The van der Waals surface area contributed by atoms with Crippen LogP contribution in [-0.2, 0) is 14.3 Å². The number of esters is 1. The Kier molecular flexibility index (Phi) is 4.28. The van der Waals surface area contributed by atoms with Gasteiger partial charge in [-0.25, -0.2) is 4.79 Å². The van der Waals surface area contributed by atoms with Crippen LogP contribution >= 0.6 is 0 Å². The fourth-order valence-electron chi connectivity index (χ4n) is 4.95. The predicted molar refractivity (Wildman–Crippen MR) is 91.1 cm³/mol. The van der Waals surface area contributed by atoms with Crippen molar-refractivity contribution < 1.29 is 19.4 Å². The monoisotopic (exact) mass is 330 g/mol. The van der Waals surface area contributed by atoms with E-state index in [1.807, 2.05) is 19.1 Å². The second-order valence-corrected chi connectivity index (χ2v) is 7.81. The van der Waals surface area contributed by atoms with Gasteiger partial charge in [0.2, 0.25) is 0 Å². The van der Waals surface area contributed by atoms with E-state index in [-0.39, 0.29) is 35.6 Å². The molecular formula is C20H26O4. The summed E-state index contributed by atoms with van der Waals surface area (Å²) < 4.78 is 4.98. The summed E-state index contributed by atoms with van der Waals surface area (Å²) in [4.78, 5) is 24.1. The minimum atomic E-state index is -0.728. The highest BCUT2D eigenvalue weighted by molar-refractivity contribution is 5.96. The Morgan fingerprint density at radius 3 is 2.75 bits per heavy atom. The van der Waals surface area contributed by atoms with Crippen LogP contribution in [0, 0.1) is 22.7 Å². The molecule has 0 radical (unpaired) electrons. The van der Waals surface area contributed by atoms with Gasteiger partial charge in [-0.1, -0.05) is 25.2 Å². The number of rotatable bonds is 4. The number of allylic oxidation sites excluding steroid dienone is 3. The number of aliphatic hydroxyl groups is 1. The number of ketones is 1. The number of carbonyl (C=O) groups is 2. The van der Waals surface area contributed by atoms with E-state index in [2.05, 4.69) is 13.5 Å². The van der Waals surface area contributed by atoms with Crippen molar-refractivity contribution in [1.29, 1.82) is 0 Å². The quantitative estimate of drug-likeness (QED) is 0.636. The smallest absolute Gasteiger partial charge is 0.334 e. The summed E-state index contributed by atoms with van der Waals surface area (Å²) in [7, 11) is 0. The normalized spacial score (nSPS) is 38.8. The van der Waals surface area contributed by atoms with Crippen LogP contribution in [-0.4, -0.2) is 30.1 Å². The lowest BCUT2D eigenvalue weighted by molar-refractivity contribution is -0.136. The van der Waals surface area contributed by atoms with Crippen molar-refractivity contribution in [2.75, 3.05) is 13.2 Å². The van der Waals surface area contributed by atoms with E-state index in [0.717, 1.165) is 24.8 Å². The summed E-state index contributed by atoms with van der Waals surface area (Å²) in [6.07, 6.45) is 8.73. The minimum Gasteiger partial charge on any atom is -0.458 e. The van der Waals surface area contributed by atoms with E-state index >= 15 is 0 Å². The minimum absolute atomic E-state index is 0.0146. The van der Waals surface area contributed by atoms with Crippen LogP contribution in [0.5, 0.6) is 0 Å². The number of hydrogen-bond donors (Lipinski definition) is 1. The van der Waals surface area contributed by atoms with Crippen LogP contribution in [0.15, 0.2) is 36.0 Å². The maximum absolute atomic E-state index is 12.4. The van der Waals surface area contributed by atoms with Gasteiger partial charge in [-0.05, 0) is 62.0 Å². The van der Waals surface area contributed by atoms with Crippen molar-refractivity contribution in [1.82, 2.24) is 0 Å². The highest BCUT2D eigenvalue weighted by Gasteiger charge is 2.55. The molecule has 24 heavy (non-hydrogen) atoms. The molecule has 0 saturated heterocycles. The Hall–Kier alpha value is -1.68. The molecule has 4 atom stereocenters. The molecule has 0 aromatic heterocycles. The van der Waals surface area contributed by atoms with E-state index in [9.17, 15) is 14.7 Å². The first-order valence-corrected chi connectivity index (χ1v) is 8.71. The number of cyclic esters (lactones) is 1. The molecule has 2 aliphatic carbocycles. The zero-order chi connectivity index (χ0) is 17.5. The number of aliphatic hydroxyl groups excluding tert-OH is 1. The lowest BCUT2D eigenvalue weighted by Crippen LogP contribution is -2.53. The summed E-state index contributed by atoms with van der Waals surface area (Å²) in [6, 6.07) is 0. The Bertz CT molecular complexity index is 644. The Morgan fingerprint density at radius 2 is 2.12 bits per heavy atom. The molecule has 3 rings (SSSR count). The lowest BCUT2D eigenvalue weighted by atomic mass is 9.48. The van der Waals surface area contributed by atoms with Gasteiger partial charge in [0.05, 0.1) is 12.0 Å². The van der Waals surface area contributed by atoms with Crippen LogP contribution < -0.4 is 0 Å². The molecule has 0 amide bonds. The molecule has 3 aliphatic rings. The molecule has 0 aromatic rings. The van der Waals surface area contributed by atoms with Crippen molar-refractivity contribution in [3.8, 4) is 0 Å². The van der Waals surface area contributed by atoms with Crippen LogP contribution in [0.2, 0.25) is 0 Å². The molecule has 1 fully saturated rings. The maximum atomic E-state index is 12.4. The third-order valence-electron chi connectivity index (χ3n) is 6.51. The molecule has 1 saturated carbocycles.